The van der Waals surface area contributed by atoms with E-state index in [4.69, 9.17) is 5.26 Å². The van der Waals surface area contributed by atoms with Gasteiger partial charge in [0.15, 0.2) is 5.65 Å². The first kappa shape index (κ1) is 11.8. The van der Waals surface area contributed by atoms with Crippen LogP contribution in [0, 0.1) is 17.1 Å². The number of rotatable bonds is 1. The molecule has 3 rings (SSSR count). The number of nitriles is 1. The minimum absolute atomic E-state index is 0.0121. The Hall–Kier alpha value is -2.26. The van der Waals surface area contributed by atoms with Crippen molar-refractivity contribution in [3.8, 4) is 17.2 Å². The highest BCUT2D eigenvalue weighted by molar-refractivity contribution is 9.10. The minimum atomic E-state index is -0.527. The van der Waals surface area contributed by atoms with Crippen molar-refractivity contribution in [2.75, 3.05) is 0 Å². The fourth-order valence-corrected chi connectivity index (χ4v) is 2.22. The summed E-state index contributed by atoms with van der Waals surface area (Å²) in [7, 11) is 0. The number of halogens is 2. The second kappa shape index (κ2) is 4.44. The van der Waals surface area contributed by atoms with Crippen molar-refractivity contribution in [3.63, 3.8) is 0 Å². The molecule has 2 aromatic heterocycles. The van der Waals surface area contributed by atoms with Gasteiger partial charge in [0.1, 0.15) is 11.9 Å². The molecule has 0 fully saturated rings. The number of benzene rings is 1. The fraction of sp³-hybridized carbons (Fsp3) is 0. The predicted molar refractivity (Wildman–Crippen MR) is 70.8 cm³/mol. The summed E-state index contributed by atoms with van der Waals surface area (Å²) in [5.74, 6) is -0.527. The monoisotopic (exact) mass is 316 g/mol. The summed E-state index contributed by atoms with van der Waals surface area (Å²) < 4.78 is 15.4. The summed E-state index contributed by atoms with van der Waals surface area (Å²) >= 11 is 3.22. The van der Waals surface area contributed by atoms with E-state index < -0.39 is 5.82 Å². The molecule has 4 nitrogen and oxygen atoms in total. The van der Waals surface area contributed by atoms with Crippen LogP contribution < -0.4 is 0 Å². The molecule has 0 atom stereocenters. The summed E-state index contributed by atoms with van der Waals surface area (Å²) in [6.45, 7) is 0. The first-order valence-corrected chi connectivity index (χ1v) is 6.19. The third kappa shape index (κ3) is 1.98. The Morgan fingerprint density at radius 2 is 2.16 bits per heavy atom. The van der Waals surface area contributed by atoms with Gasteiger partial charge in [-0.3, -0.25) is 0 Å². The lowest BCUT2D eigenvalue weighted by Gasteiger charge is -2.03. The van der Waals surface area contributed by atoms with Crippen molar-refractivity contribution in [1.82, 2.24) is 14.6 Å². The molecule has 1 aromatic carbocycles. The first-order chi connectivity index (χ1) is 9.19. The van der Waals surface area contributed by atoms with Crippen molar-refractivity contribution in [3.05, 3.63) is 52.6 Å². The Labute approximate surface area is 116 Å². The van der Waals surface area contributed by atoms with Crippen LogP contribution in [-0.4, -0.2) is 14.6 Å². The largest absolute Gasteiger partial charge is 0.219 e. The fourth-order valence-electron chi connectivity index (χ4n) is 1.88. The quantitative estimate of drug-likeness (QED) is 0.693. The summed E-state index contributed by atoms with van der Waals surface area (Å²) in [5, 5.41) is 13.0. The Balaban J connectivity index is 2.27. The number of pyridine rings is 1. The molecule has 19 heavy (non-hydrogen) atoms. The highest BCUT2D eigenvalue weighted by Crippen LogP contribution is 2.25. The second-order valence-electron chi connectivity index (χ2n) is 3.88. The van der Waals surface area contributed by atoms with Gasteiger partial charge in [-0.05, 0) is 45.8 Å². The van der Waals surface area contributed by atoms with Crippen molar-refractivity contribution in [2.45, 2.75) is 0 Å². The van der Waals surface area contributed by atoms with Gasteiger partial charge in [0, 0.05) is 11.8 Å². The van der Waals surface area contributed by atoms with Gasteiger partial charge in [0.2, 0.25) is 4.73 Å². The third-order valence-electron chi connectivity index (χ3n) is 2.73. The van der Waals surface area contributed by atoms with Gasteiger partial charge in [0.05, 0.1) is 5.56 Å². The van der Waals surface area contributed by atoms with Gasteiger partial charge in [-0.1, -0.05) is 6.07 Å². The van der Waals surface area contributed by atoms with Crippen molar-refractivity contribution < 1.29 is 4.39 Å². The summed E-state index contributed by atoms with van der Waals surface area (Å²) in [6.07, 6.45) is 1.77. The zero-order valence-electron chi connectivity index (χ0n) is 9.51. The molecular formula is C13H6BrFN4. The van der Waals surface area contributed by atoms with Gasteiger partial charge in [-0.15, -0.1) is 5.10 Å². The van der Waals surface area contributed by atoms with Gasteiger partial charge < -0.3 is 0 Å². The third-order valence-corrected chi connectivity index (χ3v) is 3.07. The number of hydrogen-bond acceptors (Lipinski definition) is 3. The summed E-state index contributed by atoms with van der Waals surface area (Å²) in [4.78, 5) is 4.26. The standard InChI is InChI=1S/C13H6BrFN4/c14-13-17-12-10(2-1-5-19(12)18-13)8-3-4-11(15)9(6-8)7-16/h1-6H. The topological polar surface area (TPSA) is 54.0 Å². The average Bonchev–Trinajstić information content (AvgIpc) is 2.79. The van der Waals surface area contributed by atoms with Crippen LogP contribution in [0.25, 0.3) is 16.8 Å². The van der Waals surface area contributed by atoms with Gasteiger partial charge >= 0.3 is 0 Å². The van der Waals surface area contributed by atoms with Crippen LogP contribution in [0.2, 0.25) is 0 Å². The van der Waals surface area contributed by atoms with Crippen LogP contribution in [0.1, 0.15) is 5.56 Å². The van der Waals surface area contributed by atoms with Crippen LogP contribution in [0.3, 0.4) is 0 Å². The Morgan fingerprint density at radius 1 is 1.32 bits per heavy atom. The van der Waals surface area contributed by atoms with Crippen LogP contribution in [0.5, 0.6) is 0 Å². The van der Waals surface area contributed by atoms with E-state index in [9.17, 15) is 4.39 Å². The molecule has 0 N–H and O–H groups in total. The van der Waals surface area contributed by atoms with Gasteiger partial charge in [-0.25, -0.2) is 13.9 Å². The number of aromatic nitrogens is 3. The molecule has 0 saturated heterocycles. The first-order valence-electron chi connectivity index (χ1n) is 5.40. The van der Waals surface area contributed by atoms with Gasteiger partial charge in [0.25, 0.3) is 0 Å². The zero-order chi connectivity index (χ0) is 13.4. The molecule has 3 aromatic rings. The Morgan fingerprint density at radius 3 is 2.95 bits per heavy atom. The number of hydrogen-bond donors (Lipinski definition) is 0. The molecule has 2 heterocycles. The van der Waals surface area contributed by atoms with E-state index in [-0.39, 0.29) is 5.56 Å². The lowest BCUT2D eigenvalue weighted by Crippen LogP contribution is -1.91. The maximum Gasteiger partial charge on any atom is 0.218 e. The molecule has 0 aliphatic heterocycles. The molecule has 0 spiro atoms. The minimum Gasteiger partial charge on any atom is -0.219 e. The molecule has 0 aliphatic carbocycles. The second-order valence-corrected chi connectivity index (χ2v) is 4.59. The van der Waals surface area contributed by atoms with Crippen LogP contribution in [0.15, 0.2) is 41.3 Å². The highest BCUT2D eigenvalue weighted by atomic mass is 79.9. The SMILES string of the molecule is N#Cc1cc(-c2cccn3nc(Br)nc23)ccc1F. The molecule has 6 heteroatoms. The molecule has 0 aliphatic rings. The average molecular weight is 317 g/mol. The van der Waals surface area contributed by atoms with E-state index in [1.54, 1.807) is 16.8 Å². The van der Waals surface area contributed by atoms with Crippen molar-refractivity contribution in [1.29, 1.82) is 5.26 Å². The smallest absolute Gasteiger partial charge is 0.218 e. The molecule has 0 amide bonds. The summed E-state index contributed by atoms with van der Waals surface area (Å²) in [6, 6.07) is 9.91. The maximum absolute atomic E-state index is 13.3. The molecule has 0 radical (unpaired) electrons. The zero-order valence-corrected chi connectivity index (χ0v) is 11.1. The molecule has 0 unspecified atom stereocenters. The Bertz CT molecular complexity index is 819. The molecular weight excluding hydrogens is 311 g/mol. The maximum atomic E-state index is 13.3. The Kier molecular flexibility index (Phi) is 2.76. The van der Waals surface area contributed by atoms with E-state index in [1.165, 1.54) is 12.1 Å². The molecule has 0 saturated carbocycles. The highest BCUT2D eigenvalue weighted by Gasteiger charge is 2.10. The predicted octanol–water partition coefficient (Wildman–Crippen LogP) is 3.17. The van der Waals surface area contributed by atoms with Crippen LogP contribution >= 0.6 is 15.9 Å². The lowest BCUT2D eigenvalue weighted by atomic mass is 10.0. The lowest BCUT2D eigenvalue weighted by molar-refractivity contribution is 0.624. The van der Waals surface area contributed by atoms with E-state index >= 15 is 0 Å². The molecule has 92 valence electrons. The normalized spacial score (nSPS) is 10.6. The van der Waals surface area contributed by atoms with Gasteiger partial charge in [-0.2, -0.15) is 5.26 Å². The van der Waals surface area contributed by atoms with Crippen molar-refractivity contribution in [2.24, 2.45) is 0 Å². The van der Waals surface area contributed by atoms with Crippen LogP contribution in [-0.2, 0) is 0 Å². The number of nitrogens with zero attached hydrogens (tertiary/aromatic N) is 4. The van der Waals surface area contributed by atoms with E-state index in [0.717, 1.165) is 11.1 Å². The van der Waals surface area contributed by atoms with Crippen molar-refractivity contribution >= 4 is 21.6 Å². The van der Waals surface area contributed by atoms with E-state index in [1.807, 2.05) is 18.2 Å². The van der Waals surface area contributed by atoms with E-state index in [2.05, 4.69) is 26.0 Å². The van der Waals surface area contributed by atoms with Crippen LogP contribution in [0.4, 0.5) is 4.39 Å². The summed E-state index contributed by atoms with van der Waals surface area (Å²) in [5.41, 5.74) is 2.17. The van der Waals surface area contributed by atoms with E-state index in [0.29, 0.717) is 10.4 Å². The molecule has 0 bridgehead atoms. The number of fused-ring (bicyclic) bond motifs is 1.